The summed E-state index contributed by atoms with van der Waals surface area (Å²) < 4.78 is 32.7. The van der Waals surface area contributed by atoms with Gasteiger partial charge in [0.15, 0.2) is 0 Å². The van der Waals surface area contributed by atoms with E-state index in [0.29, 0.717) is 23.7 Å². The van der Waals surface area contributed by atoms with Crippen LogP contribution in [0.4, 0.5) is 4.79 Å². The molecule has 0 aliphatic heterocycles. The Balaban J connectivity index is 1.87. The van der Waals surface area contributed by atoms with E-state index >= 15 is 0 Å². The number of hydrogen-bond donors (Lipinski definition) is 1. The van der Waals surface area contributed by atoms with Crippen LogP contribution in [0.25, 0.3) is 16.7 Å². The summed E-state index contributed by atoms with van der Waals surface area (Å²) in [6.45, 7) is 4.04. The Morgan fingerprint density at radius 3 is 2.79 bits per heavy atom. The first kappa shape index (κ1) is 21.2. The molecule has 156 valence electrons. The standard InChI is InChI=1S/C19H23ClN4O4S/c1-4-9-21-19(25)28-29(26,27)11-8-16-13(2)22-23(3)18(16)24-10-7-14-12-15(20)5-6-17(14)24/h5-7,10,12H,4,8-9,11H2,1-3H3,(H,21,25). The van der Waals surface area contributed by atoms with Gasteiger partial charge in [0, 0.05) is 35.8 Å². The monoisotopic (exact) mass is 438 g/mol. The summed E-state index contributed by atoms with van der Waals surface area (Å²) in [5, 5.41) is 8.44. The Morgan fingerprint density at radius 1 is 1.31 bits per heavy atom. The van der Waals surface area contributed by atoms with Crippen LogP contribution in [0.1, 0.15) is 24.6 Å². The van der Waals surface area contributed by atoms with Crippen LogP contribution in [0, 0.1) is 6.92 Å². The van der Waals surface area contributed by atoms with Gasteiger partial charge in [-0.3, -0.25) is 4.68 Å². The van der Waals surface area contributed by atoms with E-state index in [1.807, 2.05) is 42.8 Å². The van der Waals surface area contributed by atoms with E-state index in [0.717, 1.165) is 22.3 Å². The summed E-state index contributed by atoms with van der Waals surface area (Å²) >= 11 is 6.07. The van der Waals surface area contributed by atoms with Crippen molar-refractivity contribution in [2.45, 2.75) is 26.7 Å². The summed E-state index contributed by atoms with van der Waals surface area (Å²) in [5.74, 6) is 0.419. The maximum Gasteiger partial charge on any atom is 0.422 e. The van der Waals surface area contributed by atoms with Crippen LogP contribution in [0.2, 0.25) is 5.02 Å². The molecule has 0 fully saturated rings. The lowest BCUT2D eigenvalue weighted by atomic mass is 10.2. The highest BCUT2D eigenvalue weighted by atomic mass is 35.5. The van der Waals surface area contributed by atoms with Crippen molar-refractivity contribution in [3.05, 3.63) is 46.7 Å². The lowest BCUT2D eigenvalue weighted by molar-refractivity contribution is 0.202. The Hall–Kier alpha value is -2.52. The molecule has 0 radical (unpaired) electrons. The molecule has 0 bridgehead atoms. The number of aryl methyl sites for hydroxylation is 2. The van der Waals surface area contributed by atoms with Crippen LogP contribution in [0.3, 0.4) is 0 Å². The molecular weight excluding hydrogens is 416 g/mol. The normalized spacial score (nSPS) is 11.7. The molecule has 2 heterocycles. The fourth-order valence-corrected chi connectivity index (χ4v) is 4.23. The van der Waals surface area contributed by atoms with E-state index in [9.17, 15) is 13.2 Å². The highest BCUT2D eigenvalue weighted by Gasteiger charge is 2.22. The highest BCUT2D eigenvalue weighted by Crippen LogP contribution is 2.27. The maximum absolute atomic E-state index is 12.2. The Morgan fingerprint density at radius 2 is 2.07 bits per heavy atom. The summed E-state index contributed by atoms with van der Waals surface area (Å²) in [6.07, 6.45) is 1.78. The molecule has 2 aromatic heterocycles. The number of carbonyl (C=O) groups is 1. The number of halogens is 1. The lowest BCUT2D eigenvalue weighted by Crippen LogP contribution is -2.28. The summed E-state index contributed by atoms with van der Waals surface area (Å²) in [6, 6.07) is 7.51. The first-order valence-electron chi connectivity index (χ1n) is 9.21. The van der Waals surface area contributed by atoms with Crippen LogP contribution >= 0.6 is 11.6 Å². The second kappa shape index (κ2) is 8.46. The van der Waals surface area contributed by atoms with Gasteiger partial charge >= 0.3 is 16.2 Å². The van der Waals surface area contributed by atoms with Gasteiger partial charge in [-0.25, -0.2) is 4.79 Å². The van der Waals surface area contributed by atoms with E-state index < -0.39 is 16.2 Å². The van der Waals surface area contributed by atoms with Gasteiger partial charge in [-0.1, -0.05) is 18.5 Å². The average Bonchev–Trinajstić information content (AvgIpc) is 3.16. The lowest BCUT2D eigenvalue weighted by Gasteiger charge is -2.11. The van der Waals surface area contributed by atoms with Gasteiger partial charge in [0.05, 0.1) is 17.0 Å². The zero-order valence-corrected chi connectivity index (χ0v) is 18.0. The molecule has 0 unspecified atom stereocenters. The minimum atomic E-state index is -4.03. The largest absolute Gasteiger partial charge is 0.422 e. The van der Waals surface area contributed by atoms with E-state index in [1.165, 1.54) is 0 Å². The summed E-state index contributed by atoms with van der Waals surface area (Å²) in [7, 11) is -2.22. The van der Waals surface area contributed by atoms with Crippen molar-refractivity contribution >= 4 is 38.7 Å². The third-order valence-corrected chi connectivity index (χ3v) is 5.86. The van der Waals surface area contributed by atoms with Gasteiger partial charge < -0.3 is 14.1 Å². The topological polar surface area (TPSA) is 95.2 Å². The van der Waals surface area contributed by atoms with Crippen LogP contribution in [-0.4, -0.2) is 41.2 Å². The molecule has 10 heteroatoms. The van der Waals surface area contributed by atoms with Gasteiger partial charge in [-0.2, -0.15) is 13.5 Å². The van der Waals surface area contributed by atoms with Gasteiger partial charge in [0.25, 0.3) is 0 Å². The Labute approximate surface area is 174 Å². The van der Waals surface area contributed by atoms with Gasteiger partial charge in [0.2, 0.25) is 0 Å². The molecule has 3 rings (SSSR count). The summed E-state index contributed by atoms with van der Waals surface area (Å²) in [5.41, 5.74) is 2.40. The quantitative estimate of drug-likeness (QED) is 0.571. The molecular formula is C19H23ClN4O4S. The predicted octanol–water partition coefficient (Wildman–Crippen LogP) is 3.33. The molecule has 0 saturated carbocycles. The maximum atomic E-state index is 12.2. The number of hydrogen-bond acceptors (Lipinski definition) is 5. The number of aromatic nitrogens is 3. The molecule has 0 aliphatic rings. The van der Waals surface area contributed by atoms with Crippen molar-refractivity contribution in [3.63, 3.8) is 0 Å². The minimum Gasteiger partial charge on any atom is -0.328 e. The molecule has 3 aromatic rings. The van der Waals surface area contributed by atoms with Gasteiger partial charge in [0.1, 0.15) is 5.82 Å². The van der Waals surface area contributed by atoms with E-state index in [-0.39, 0.29) is 12.2 Å². The van der Waals surface area contributed by atoms with E-state index in [2.05, 4.69) is 14.6 Å². The van der Waals surface area contributed by atoms with E-state index in [1.54, 1.807) is 17.8 Å². The SMILES string of the molecule is CCCNC(=O)OS(=O)(=O)CCc1c(C)nn(C)c1-n1ccc2cc(Cl)ccc21. The zero-order valence-electron chi connectivity index (χ0n) is 16.5. The number of benzene rings is 1. The number of rotatable bonds is 7. The molecule has 1 aromatic carbocycles. The molecule has 29 heavy (non-hydrogen) atoms. The fraction of sp³-hybridized carbons (Fsp3) is 0.368. The van der Waals surface area contributed by atoms with Gasteiger partial charge in [-0.15, -0.1) is 0 Å². The third-order valence-electron chi connectivity index (χ3n) is 4.52. The highest BCUT2D eigenvalue weighted by molar-refractivity contribution is 7.87. The number of nitrogens with zero attached hydrogens (tertiary/aromatic N) is 3. The van der Waals surface area contributed by atoms with Crippen molar-refractivity contribution < 1.29 is 17.4 Å². The predicted molar refractivity (Wildman–Crippen MR) is 112 cm³/mol. The zero-order chi connectivity index (χ0) is 21.2. The van der Waals surface area contributed by atoms with E-state index in [4.69, 9.17) is 11.6 Å². The molecule has 8 nitrogen and oxygen atoms in total. The second-order valence-corrected chi connectivity index (χ2v) is 8.84. The average molecular weight is 439 g/mol. The fourth-order valence-electron chi connectivity index (χ4n) is 3.22. The minimum absolute atomic E-state index is 0.158. The smallest absolute Gasteiger partial charge is 0.328 e. The molecule has 1 N–H and O–H groups in total. The van der Waals surface area contributed by atoms with Gasteiger partial charge in [-0.05, 0) is 44.0 Å². The Bertz CT molecular complexity index is 1150. The molecule has 0 aliphatic carbocycles. The molecule has 1 amide bonds. The first-order valence-corrected chi connectivity index (χ1v) is 11.2. The first-order chi connectivity index (χ1) is 13.7. The summed E-state index contributed by atoms with van der Waals surface area (Å²) in [4.78, 5) is 11.6. The number of nitrogens with one attached hydrogen (secondary N) is 1. The molecule has 0 atom stereocenters. The van der Waals surface area contributed by atoms with Crippen molar-refractivity contribution in [3.8, 4) is 5.82 Å². The number of fused-ring (bicyclic) bond motifs is 1. The number of amides is 1. The Kier molecular flexibility index (Phi) is 6.18. The van der Waals surface area contributed by atoms with Crippen molar-refractivity contribution in [2.75, 3.05) is 12.3 Å². The van der Waals surface area contributed by atoms with Crippen LogP contribution in [0.5, 0.6) is 0 Å². The number of carbonyl (C=O) groups excluding carboxylic acids is 1. The van der Waals surface area contributed by atoms with Crippen LogP contribution in [0.15, 0.2) is 30.5 Å². The third kappa shape index (κ3) is 4.73. The molecule has 0 saturated heterocycles. The van der Waals surface area contributed by atoms with Crippen molar-refractivity contribution in [2.24, 2.45) is 7.05 Å². The second-order valence-electron chi connectivity index (χ2n) is 6.71. The van der Waals surface area contributed by atoms with Crippen molar-refractivity contribution in [1.82, 2.24) is 19.7 Å². The molecule has 0 spiro atoms. The van der Waals surface area contributed by atoms with Crippen molar-refractivity contribution in [1.29, 1.82) is 0 Å². The van der Waals surface area contributed by atoms with Crippen LogP contribution in [-0.2, 0) is 27.8 Å². The van der Waals surface area contributed by atoms with Crippen LogP contribution < -0.4 is 5.32 Å².